The van der Waals surface area contributed by atoms with Crippen LogP contribution in [-0.2, 0) is 0 Å². The Labute approximate surface area is 362 Å². The zero-order valence-corrected chi connectivity index (χ0v) is 45.0. The average molecular weight is 845 g/mol. The highest BCUT2D eigenvalue weighted by molar-refractivity contribution is 4.84. The minimum atomic E-state index is -5.24. The smallest absolute Gasteiger partial charge is 0.170 e. The second-order valence-corrected chi connectivity index (χ2v) is 17.8. The SMILES string of the molecule is CC.CC(C)(C(F)(F)F)C(F)(F)F.CC(C)(C)C.CC(C)C.CCC.CCC(C)C.CCC(C)C.CCCC.CCCCC.CCCCCC.CCCCCCC. The van der Waals surface area contributed by atoms with Gasteiger partial charge in [-0.3, -0.25) is 0 Å². The molecule has 0 saturated carbocycles. The van der Waals surface area contributed by atoms with Crippen molar-refractivity contribution in [3.8, 4) is 0 Å². The fourth-order valence-corrected chi connectivity index (χ4v) is 1.69. The largest absolute Gasteiger partial charge is 0.402 e. The summed E-state index contributed by atoms with van der Waals surface area (Å²) in [5, 5.41) is 0. The monoisotopic (exact) mass is 845 g/mol. The maximum atomic E-state index is 11.6. The Bertz CT molecular complexity index is 509. The van der Waals surface area contributed by atoms with E-state index in [0.717, 1.165) is 17.8 Å². The van der Waals surface area contributed by atoms with Gasteiger partial charge in [0, 0.05) is 0 Å². The number of alkyl halides is 6. The van der Waals surface area contributed by atoms with Gasteiger partial charge in [-0.2, -0.15) is 26.3 Å². The first-order chi connectivity index (χ1) is 25.8. The van der Waals surface area contributed by atoms with Crippen LogP contribution in [0.1, 0.15) is 296 Å². The molecule has 0 saturated heterocycles. The van der Waals surface area contributed by atoms with Gasteiger partial charge in [-0.05, 0) is 37.0 Å². The van der Waals surface area contributed by atoms with Crippen LogP contribution in [0.4, 0.5) is 26.3 Å². The third-order valence-electron chi connectivity index (χ3n) is 6.42. The van der Waals surface area contributed by atoms with E-state index < -0.39 is 17.8 Å². The minimum absolute atomic E-state index is 0.104. The van der Waals surface area contributed by atoms with E-state index in [1.54, 1.807) is 0 Å². The molecular weight excluding hydrogens is 727 g/mol. The van der Waals surface area contributed by atoms with Crippen molar-refractivity contribution in [2.75, 3.05) is 0 Å². The van der Waals surface area contributed by atoms with Crippen LogP contribution in [0.3, 0.4) is 0 Å². The van der Waals surface area contributed by atoms with Gasteiger partial charge in [0.25, 0.3) is 0 Å². The number of hydrogen-bond acceptors (Lipinski definition) is 0. The third-order valence-corrected chi connectivity index (χ3v) is 6.42. The van der Waals surface area contributed by atoms with Crippen LogP contribution in [-0.4, -0.2) is 12.4 Å². The summed E-state index contributed by atoms with van der Waals surface area (Å²) in [6, 6.07) is 0. The zero-order valence-electron chi connectivity index (χ0n) is 45.0. The van der Waals surface area contributed by atoms with Gasteiger partial charge in [-0.1, -0.05) is 282 Å². The van der Waals surface area contributed by atoms with Crippen LogP contribution in [0.15, 0.2) is 0 Å². The molecule has 0 aliphatic carbocycles. The van der Waals surface area contributed by atoms with Crippen molar-refractivity contribution in [3.05, 3.63) is 0 Å². The number of unbranched alkanes of at least 4 members (excludes halogenated alkanes) is 10. The van der Waals surface area contributed by atoms with E-state index >= 15 is 0 Å². The first kappa shape index (κ1) is 84.1. The zero-order chi connectivity index (χ0) is 48.8. The summed E-state index contributed by atoms with van der Waals surface area (Å²) >= 11 is 0. The molecule has 0 nitrogen and oxygen atoms in total. The maximum absolute atomic E-state index is 11.6. The summed E-state index contributed by atoms with van der Waals surface area (Å²) in [6.07, 6.45) is 12.6. The molecule has 0 aliphatic heterocycles. The molecule has 0 radical (unpaired) electrons. The Balaban J connectivity index is -0.0000000466. The fourth-order valence-electron chi connectivity index (χ4n) is 1.69. The molecule has 0 spiro atoms. The summed E-state index contributed by atoms with van der Waals surface area (Å²) in [6.45, 7) is 54.7. The number of halogens is 6. The molecule has 0 heterocycles. The van der Waals surface area contributed by atoms with E-state index in [2.05, 4.69) is 159 Å². The Morgan fingerprint density at radius 3 is 0.526 bits per heavy atom. The topological polar surface area (TPSA) is 0 Å². The van der Waals surface area contributed by atoms with Crippen molar-refractivity contribution in [1.29, 1.82) is 0 Å². The number of rotatable bonds is 12. The van der Waals surface area contributed by atoms with Gasteiger partial charge in [0.15, 0.2) is 5.41 Å². The second kappa shape index (κ2) is 67.4. The average Bonchev–Trinajstić information content (AvgIpc) is 3.08. The Morgan fingerprint density at radius 2 is 0.474 bits per heavy atom. The number of hydrogen-bond donors (Lipinski definition) is 0. The highest BCUT2D eigenvalue weighted by Crippen LogP contribution is 2.49. The van der Waals surface area contributed by atoms with Crippen molar-refractivity contribution < 1.29 is 26.3 Å². The highest BCUT2D eigenvalue weighted by Gasteiger charge is 2.64. The van der Waals surface area contributed by atoms with Gasteiger partial charge in [0.1, 0.15) is 0 Å². The molecule has 0 aliphatic rings. The lowest BCUT2D eigenvalue weighted by Gasteiger charge is -2.29. The van der Waals surface area contributed by atoms with E-state index in [9.17, 15) is 26.3 Å². The van der Waals surface area contributed by atoms with Gasteiger partial charge >= 0.3 is 12.4 Å². The highest BCUT2D eigenvalue weighted by atomic mass is 19.4. The lowest BCUT2D eigenvalue weighted by atomic mass is 9.92. The quantitative estimate of drug-likeness (QED) is 0.136. The molecule has 0 N–H and O–H groups in total. The van der Waals surface area contributed by atoms with Crippen molar-refractivity contribution in [2.45, 2.75) is 308 Å². The Hall–Kier alpha value is -0.420. The molecule has 0 amide bonds. The normalized spacial score (nSPS) is 10.1. The third kappa shape index (κ3) is 160. The van der Waals surface area contributed by atoms with E-state index in [0.29, 0.717) is 5.41 Å². The molecule has 0 fully saturated rings. The summed E-state index contributed by atoms with van der Waals surface area (Å²) in [5.74, 6) is 2.60. The lowest BCUT2D eigenvalue weighted by molar-refractivity contribution is -0.327. The van der Waals surface area contributed by atoms with E-state index in [1.807, 2.05) is 13.8 Å². The predicted octanol–water partition coefficient (Wildman–Crippen LogP) is 23.0. The molecule has 57 heavy (non-hydrogen) atoms. The van der Waals surface area contributed by atoms with Gasteiger partial charge < -0.3 is 0 Å². The Morgan fingerprint density at radius 1 is 0.333 bits per heavy atom. The van der Waals surface area contributed by atoms with E-state index in [1.165, 1.54) is 109 Å². The van der Waals surface area contributed by atoms with Crippen molar-refractivity contribution in [2.24, 2.45) is 28.6 Å². The summed E-state index contributed by atoms with van der Waals surface area (Å²) in [7, 11) is 0. The van der Waals surface area contributed by atoms with E-state index in [-0.39, 0.29) is 13.8 Å². The van der Waals surface area contributed by atoms with Gasteiger partial charge in [-0.25, -0.2) is 0 Å². The second-order valence-electron chi connectivity index (χ2n) is 17.8. The van der Waals surface area contributed by atoms with Crippen LogP contribution in [0, 0.1) is 28.6 Å². The summed E-state index contributed by atoms with van der Waals surface area (Å²) in [4.78, 5) is 0. The molecular formula is C51H118F6. The van der Waals surface area contributed by atoms with Crippen LogP contribution >= 0.6 is 0 Å². The van der Waals surface area contributed by atoms with Crippen molar-refractivity contribution in [1.82, 2.24) is 0 Å². The molecule has 0 aromatic heterocycles. The predicted molar refractivity (Wildman–Crippen MR) is 259 cm³/mol. The van der Waals surface area contributed by atoms with Gasteiger partial charge in [0.2, 0.25) is 0 Å². The maximum Gasteiger partial charge on any atom is 0.402 e. The first-order valence-corrected chi connectivity index (χ1v) is 24.0. The molecule has 6 heteroatoms. The summed E-state index contributed by atoms with van der Waals surface area (Å²) in [5.41, 5.74) is -3.12. The molecule has 0 bridgehead atoms. The molecule has 0 rings (SSSR count). The van der Waals surface area contributed by atoms with Crippen LogP contribution in [0.25, 0.3) is 0 Å². The summed E-state index contributed by atoms with van der Waals surface area (Å²) < 4.78 is 69.7. The van der Waals surface area contributed by atoms with Crippen LogP contribution in [0.5, 0.6) is 0 Å². The first-order valence-electron chi connectivity index (χ1n) is 24.0. The van der Waals surface area contributed by atoms with Gasteiger partial charge in [0.05, 0.1) is 0 Å². The Kier molecular flexibility index (Phi) is 99.4. The van der Waals surface area contributed by atoms with Crippen molar-refractivity contribution >= 4 is 0 Å². The van der Waals surface area contributed by atoms with Crippen LogP contribution < -0.4 is 0 Å². The molecule has 0 atom stereocenters. The fraction of sp³-hybridized carbons (Fsp3) is 1.00. The lowest BCUT2D eigenvalue weighted by Crippen LogP contribution is -2.44. The van der Waals surface area contributed by atoms with Gasteiger partial charge in [-0.15, -0.1) is 0 Å². The standard InChI is InChI=1S/C7H16.C6H14.C5H6F6.4C5H12.2C4H10.C3H8.C2H6/c1-3-5-7-6-4-2;1-3-5-6-4-2;1-3(2,4(6,7)8)5(9,10)11;1-5(2,3)4;2*1-4-5(2)3;1-3-5-4-2;1-4(2)3;1-3-4-2;1-3-2;1-2/h3-7H2,1-2H3;3-6H2,1-2H3;1-2H3;1-4H3;2*5H,4H2,1-3H3;3-5H2,1-2H3;4H,1-3H3;3-4H2,1-2H3;3H2,1-2H3;1-2H3. The molecule has 0 aromatic carbocycles. The van der Waals surface area contributed by atoms with Crippen LogP contribution in [0.2, 0.25) is 0 Å². The molecule has 0 aromatic rings. The molecule has 364 valence electrons. The van der Waals surface area contributed by atoms with E-state index in [4.69, 9.17) is 0 Å². The van der Waals surface area contributed by atoms with Crippen molar-refractivity contribution in [3.63, 3.8) is 0 Å². The molecule has 0 unspecified atom stereocenters. The minimum Gasteiger partial charge on any atom is -0.170 e.